The standard InChI is InChI=1S/C28H36F3N3O7/c1-5-12-8-14(11-33-7-6-27(29,30)31)21(35)18-15(12)9-13-10-16-20(34(3)4)23(37)19(25(32)39)26(2,40)28(16,41)24(38)17(13)22(18)36/h8,13,16,20,33,35-37,40-41H,5-7,9-11H2,1-4H3,(H2,32,39)/t13-,16-,20-,26?,28-/m0/s1. The lowest BCUT2D eigenvalue weighted by Crippen LogP contribution is -2.73. The van der Waals surface area contributed by atoms with Crippen LogP contribution in [-0.4, -0.2) is 86.2 Å². The number of amides is 1. The first-order valence-electron chi connectivity index (χ1n) is 13.4. The largest absolute Gasteiger partial charge is 0.510 e. The van der Waals surface area contributed by atoms with Crippen molar-refractivity contribution in [3.63, 3.8) is 0 Å². The van der Waals surface area contributed by atoms with Gasteiger partial charge in [0, 0.05) is 30.1 Å². The van der Waals surface area contributed by atoms with Crippen LogP contribution in [0.1, 0.15) is 48.9 Å². The number of aliphatic hydroxyl groups is 4. The lowest BCUT2D eigenvalue weighted by Gasteiger charge is -2.56. The molecule has 0 saturated heterocycles. The highest BCUT2D eigenvalue weighted by molar-refractivity contribution is 6.12. The average Bonchev–Trinajstić information content (AvgIpc) is 2.83. The first-order valence-corrected chi connectivity index (χ1v) is 13.4. The highest BCUT2D eigenvalue weighted by Gasteiger charge is 2.69. The number of benzene rings is 1. The number of hydrogen-bond acceptors (Lipinski definition) is 9. The van der Waals surface area contributed by atoms with Crippen LogP contribution in [0.3, 0.4) is 0 Å². The van der Waals surface area contributed by atoms with Gasteiger partial charge in [-0.1, -0.05) is 13.0 Å². The second-order valence-electron chi connectivity index (χ2n) is 11.5. The summed E-state index contributed by atoms with van der Waals surface area (Å²) in [4.78, 5) is 28.0. The van der Waals surface area contributed by atoms with Crippen molar-refractivity contribution in [2.45, 2.75) is 69.5 Å². The lowest BCUT2D eigenvalue weighted by molar-refractivity contribution is -0.194. The molecule has 8 N–H and O–H groups in total. The number of aryl methyl sites for hydroxylation is 1. The van der Waals surface area contributed by atoms with E-state index < -0.39 is 82.8 Å². The fraction of sp³-hybridized carbons (Fsp3) is 0.571. The number of nitrogens with two attached hydrogens (primary N) is 1. The van der Waals surface area contributed by atoms with Crippen LogP contribution in [-0.2, 0) is 29.0 Å². The molecular formula is C28H36F3N3O7. The molecule has 4 rings (SSSR count). The average molecular weight is 584 g/mol. The summed E-state index contributed by atoms with van der Waals surface area (Å²) in [5.74, 6) is -5.69. The summed E-state index contributed by atoms with van der Waals surface area (Å²) in [6.07, 6.45) is -4.80. The smallest absolute Gasteiger partial charge is 0.390 e. The van der Waals surface area contributed by atoms with Crippen molar-refractivity contribution in [3.8, 4) is 5.75 Å². The van der Waals surface area contributed by atoms with E-state index in [9.17, 15) is 48.3 Å². The quantitative estimate of drug-likeness (QED) is 0.236. The number of likely N-dealkylation sites (N-methyl/N-ethyl adjacent to an activating group) is 1. The van der Waals surface area contributed by atoms with Crippen LogP contribution in [0, 0.1) is 11.8 Å². The molecule has 0 radical (unpaired) electrons. The van der Waals surface area contributed by atoms with Gasteiger partial charge in [-0.3, -0.25) is 14.5 Å². The van der Waals surface area contributed by atoms with Crippen molar-refractivity contribution >= 4 is 17.4 Å². The number of fused-ring (bicyclic) bond motifs is 3. The van der Waals surface area contributed by atoms with E-state index in [0.29, 0.717) is 17.5 Å². The second kappa shape index (κ2) is 10.3. The summed E-state index contributed by atoms with van der Waals surface area (Å²) in [7, 11) is 3.14. The van der Waals surface area contributed by atoms with Gasteiger partial charge in [0.15, 0.2) is 11.4 Å². The van der Waals surface area contributed by atoms with Crippen molar-refractivity contribution in [3.05, 3.63) is 45.2 Å². The van der Waals surface area contributed by atoms with E-state index in [0.717, 1.165) is 6.92 Å². The SMILES string of the molecule is CCc1cc(CNCCC(F)(F)F)c(O)c2c1C[C@H]1C[C@H]3[C@H](N(C)C)C(O)=C(C(N)=O)C(C)(O)[C@@]3(O)C(=O)C1=C2O. The van der Waals surface area contributed by atoms with Crippen LogP contribution in [0.15, 0.2) is 23.0 Å². The summed E-state index contributed by atoms with van der Waals surface area (Å²) in [6, 6.07) is 0.580. The molecule has 3 aliphatic rings. The first-order chi connectivity index (χ1) is 18.9. The van der Waals surface area contributed by atoms with Gasteiger partial charge in [-0.25, -0.2) is 0 Å². The molecule has 1 aromatic rings. The Balaban J connectivity index is 1.85. The minimum atomic E-state index is -4.36. The predicted molar refractivity (Wildman–Crippen MR) is 142 cm³/mol. The van der Waals surface area contributed by atoms with Crippen LogP contribution in [0.5, 0.6) is 5.75 Å². The predicted octanol–water partition coefficient (Wildman–Crippen LogP) is 1.75. The topological polar surface area (TPSA) is 177 Å². The molecule has 41 heavy (non-hydrogen) atoms. The van der Waals surface area contributed by atoms with Crippen molar-refractivity contribution < 1.29 is 48.3 Å². The van der Waals surface area contributed by atoms with Gasteiger partial charge < -0.3 is 36.6 Å². The van der Waals surface area contributed by atoms with Gasteiger partial charge in [0.1, 0.15) is 22.9 Å². The molecule has 1 amide bonds. The Labute approximate surface area is 235 Å². The highest BCUT2D eigenvalue weighted by atomic mass is 19.4. The number of rotatable bonds is 7. The number of alkyl halides is 3. The molecule has 0 bridgehead atoms. The molecule has 3 aliphatic carbocycles. The van der Waals surface area contributed by atoms with E-state index in [1.165, 1.54) is 4.90 Å². The molecule has 1 fully saturated rings. The monoisotopic (exact) mass is 583 g/mol. The number of aliphatic hydroxyl groups excluding tert-OH is 2. The Bertz CT molecular complexity index is 1350. The molecule has 5 atom stereocenters. The number of phenolic OH excluding ortho intramolecular Hbond substituents is 1. The van der Waals surface area contributed by atoms with Crippen LogP contribution < -0.4 is 11.1 Å². The van der Waals surface area contributed by atoms with Gasteiger partial charge in [0.05, 0.1) is 23.6 Å². The van der Waals surface area contributed by atoms with E-state index in [1.807, 2.05) is 6.92 Å². The number of primary amides is 1. The maximum Gasteiger partial charge on any atom is 0.390 e. The van der Waals surface area contributed by atoms with Crippen molar-refractivity contribution in [1.29, 1.82) is 0 Å². The van der Waals surface area contributed by atoms with Crippen molar-refractivity contribution in [2.24, 2.45) is 17.6 Å². The molecule has 0 spiro atoms. The Morgan fingerprint density at radius 2 is 1.83 bits per heavy atom. The third kappa shape index (κ3) is 4.68. The van der Waals surface area contributed by atoms with E-state index in [4.69, 9.17) is 5.73 Å². The number of phenols is 1. The Morgan fingerprint density at radius 1 is 1.20 bits per heavy atom. The van der Waals surface area contributed by atoms with Gasteiger partial charge in [0.25, 0.3) is 5.91 Å². The molecule has 13 heteroatoms. The summed E-state index contributed by atoms with van der Waals surface area (Å²) in [6.45, 7) is 2.31. The van der Waals surface area contributed by atoms with Crippen LogP contribution in [0.4, 0.5) is 13.2 Å². The number of nitrogens with one attached hydrogen (secondary N) is 1. The van der Waals surface area contributed by atoms with E-state index in [-0.39, 0.29) is 36.1 Å². The summed E-state index contributed by atoms with van der Waals surface area (Å²) >= 11 is 0. The van der Waals surface area contributed by atoms with Gasteiger partial charge in [-0.15, -0.1) is 0 Å². The molecule has 1 aromatic carbocycles. The molecular weight excluding hydrogens is 547 g/mol. The fourth-order valence-electron chi connectivity index (χ4n) is 6.93. The Morgan fingerprint density at radius 3 is 2.37 bits per heavy atom. The van der Waals surface area contributed by atoms with E-state index in [1.54, 1.807) is 20.2 Å². The third-order valence-corrected chi connectivity index (χ3v) is 8.83. The van der Waals surface area contributed by atoms with Crippen LogP contribution >= 0.6 is 0 Å². The molecule has 10 nitrogen and oxygen atoms in total. The highest BCUT2D eigenvalue weighted by Crippen LogP contribution is 2.56. The lowest BCUT2D eigenvalue weighted by atomic mass is 9.52. The fourth-order valence-corrected chi connectivity index (χ4v) is 6.93. The first kappa shape index (κ1) is 30.8. The number of nitrogens with zero attached hydrogens (tertiary/aromatic N) is 1. The number of ketones is 1. The van der Waals surface area contributed by atoms with Crippen LogP contribution in [0.2, 0.25) is 0 Å². The van der Waals surface area contributed by atoms with Crippen molar-refractivity contribution in [2.75, 3.05) is 20.6 Å². The molecule has 1 saturated carbocycles. The third-order valence-electron chi connectivity index (χ3n) is 8.83. The zero-order valence-electron chi connectivity index (χ0n) is 23.3. The zero-order valence-corrected chi connectivity index (χ0v) is 23.3. The normalized spacial score (nSPS) is 29.9. The van der Waals surface area contributed by atoms with Gasteiger partial charge in [-0.05, 0) is 57.3 Å². The minimum Gasteiger partial charge on any atom is -0.510 e. The maximum absolute atomic E-state index is 14.1. The summed E-state index contributed by atoms with van der Waals surface area (Å²) in [5.41, 5.74) is 0.596. The van der Waals surface area contributed by atoms with E-state index >= 15 is 0 Å². The summed E-state index contributed by atoms with van der Waals surface area (Å²) in [5, 5.41) is 59.7. The molecule has 0 aliphatic heterocycles. The van der Waals surface area contributed by atoms with Crippen molar-refractivity contribution in [1.82, 2.24) is 10.2 Å². The maximum atomic E-state index is 14.1. The van der Waals surface area contributed by atoms with Gasteiger partial charge in [0.2, 0.25) is 0 Å². The van der Waals surface area contributed by atoms with E-state index in [2.05, 4.69) is 5.32 Å². The number of carbonyl (C=O) groups is 2. The zero-order chi connectivity index (χ0) is 30.8. The Kier molecular flexibility index (Phi) is 7.74. The van der Waals surface area contributed by atoms with Crippen LogP contribution in [0.25, 0.3) is 5.76 Å². The molecule has 226 valence electrons. The number of aromatic hydroxyl groups is 1. The molecule has 0 heterocycles. The second-order valence-corrected chi connectivity index (χ2v) is 11.5. The number of Topliss-reactive ketones (excluding diaryl/α,β-unsaturated/α-hetero) is 1. The molecule has 1 unspecified atom stereocenters. The molecule has 0 aromatic heterocycles. The summed E-state index contributed by atoms with van der Waals surface area (Å²) < 4.78 is 37.7. The number of carbonyl (C=O) groups excluding carboxylic acids is 2. The van der Waals surface area contributed by atoms with Gasteiger partial charge in [-0.2, -0.15) is 13.2 Å². The number of halogens is 3. The Hall–Kier alpha value is -3.13. The number of hydrogen-bond donors (Lipinski definition) is 7. The minimum absolute atomic E-state index is 0.0147. The van der Waals surface area contributed by atoms with Gasteiger partial charge >= 0.3 is 6.18 Å².